The minimum atomic E-state index is -1.19. The molecule has 1 aromatic carbocycles. The van der Waals surface area contributed by atoms with Crippen LogP contribution in [-0.4, -0.2) is 23.2 Å². The van der Waals surface area contributed by atoms with Crippen molar-refractivity contribution in [1.82, 2.24) is 4.98 Å². The fourth-order valence-electron chi connectivity index (χ4n) is 1.76. The summed E-state index contributed by atoms with van der Waals surface area (Å²) in [5.41, 5.74) is 0.251. The largest absolute Gasteiger partial charge is 0.496 e. The summed E-state index contributed by atoms with van der Waals surface area (Å²) in [5, 5.41) is 9.60. The zero-order valence-corrected chi connectivity index (χ0v) is 10.7. The molecule has 1 aromatic heterocycles. The summed E-state index contributed by atoms with van der Waals surface area (Å²) in [7, 11) is 1.47. The molecule has 19 heavy (non-hydrogen) atoms. The molecular formula is C13H10ClNO4. The van der Waals surface area contributed by atoms with E-state index in [1.807, 2.05) is 0 Å². The van der Waals surface area contributed by atoms with Crippen molar-refractivity contribution in [3.63, 3.8) is 0 Å². The maximum Gasteiger partial charge on any atom is 0.336 e. The third-order valence-corrected chi connectivity index (χ3v) is 2.84. The lowest BCUT2D eigenvalue weighted by Gasteiger charge is -2.11. The molecule has 0 saturated carbocycles. The van der Waals surface area contributed by atoms with E-state index in [-0.39, 0.29) is 5.56 Å². The standard InChI is InChI=1S/C13H10ClNO4/c1-19-11-3-2-7(14)4-8(11)10-6-15-12(16)5-9(10)13(17)18/h2-6H,1H3,(H,15,16)(H,17,18). The van der Waals surface area contributed by atoms with Crippen LogP contribution in [0.5, 0.6) is 5.75 Å². The topological polar surface area (TPSA) is 79.4 Å². The van der Waals surface area contributed by atoms with Gasteiger partial charge < -0.3 is 14.8 Å². The minimum Gasteiger partial charge on any atom is -0.496 e. The molecular weight excluding hydrogens is 270 g/mol. The summed E-state index contributed by atoms with van der Waals surface area (Å²) in [6.07, 6.45) is 1.33. The highest BCUT2D eigenvalue weighted by Crippen LogP contribution is 2.33. The second-order valence-corrected chi connectivity index (χ2v) is 4.21. The van der Waals surface area contributed by atoms with Crippen LogP contribution in [0.3, 0.4) is 0 Å². The number of carboxylic acids is 1. The maximum atomic E-state index is 11.2. The number of halogens is 1. The van der Waals surface area contributed by atoms with Crippen LogP contribution in [0.4, 0.5) is 0 Å². The molecule has 0 radical (unpaired) electrons. The Kier molecular flexibility index (Phi) is 3.57. The molecule has 2 N–H and O–H groups in total. The predicted octanol–water partition coefficient (Wildman–Crippen LogP) is 2.40. The second-order valence-electron chi connectivity index (χ2n) is 3.77. The number of hydrogen-bond acceptors (Lipinski definition) is 3. The quantitative estimate of drug-likeness (QED) is 0.904. The Labute approximate surface area is 113 Å². The van der Waals surface area contributed by atoms with Gasteiger partial charge in [0.05, 0.1) is 12.7 Å². The Hall–Kier alpha value is -2.27. The fourth-order valence-corrected chi connectivity index (χ4v) is 1.93. The number of carboxylic acid groups (broad SMARTS) is 1. The average Bonchev–Trinajstić information content (AvgIpc) is 2.38. The highest BCUT2D eigenvalue weighted by atomic mass is 35.5. The van der Waals surface area contributed by atoms with Crippen LogP contribution < -0.4 is 10.3 Å². The molecule has 0 saturated heterocycles. The van der Waals surface area contributed by atoms with Crippen molar-refractivity contribution in [3.05, 3.63) is 51.4 Å². The van der Waals surface area contributed by atoms with Crippen molar-refractivity contribution in [2.45, 2.75) is 0 Å². The van der Waals surface area contributed by atoms with Crippen molar-refractivity contribution in [2.75, 3.05) is 7.11 Å². The normalized spacial score (nSPS) is 10.2. The molecule has 2 rings (SSSR count). The second kappa shape index (κ2) is 5.16. The zero-order chi connectivity index (χ0) is 14.0. The summed E-state index contributed by atoms with van der Waals surface area (Å²) in [5.74, 6) is -0.720. The van der Waals surface area contributed by atoms with Crippen molar-refractivity contribution in [2.24, 2.45) is 0 Å². The summed E-state index contributed by atoms with van der Waals surface area (Å²) in [6.45, 7) is 0. The first kappa shape index (κ1) is 13.2. The van der Waals surface area contributed by atoms with E-state index in [1.54, 1.807) is 18.2 Å². The molecule has 1 heterocycles. The molecule has 0 aliphatic carbocycles. The molecule has 0 atom stereocenters. The summed E-state index contributed by atoms with van der Waals surface area (Å²) in [6, 6.07) is 5.88. The first-order valence-electron chi connectivity index (χ1n) is 5.33. The summed E-state index contributed by atoms with van der Waals surface area (Å²) >= 11 is 5.91. The molecule has 0 unspecified atom stereocenters. The fraction of sp³-hybridized carbons (Fsp3) is 0.0769. The smallest absolute Gasteiger partial charge is 0.336 e. The van der Waals surface area contributed by atoms with Gasteiger partial charge in [-0.05, 0) is 18.2 Å². The van der Waals surface area contributed by atoms with Gasteiger partial charge in [0.15, 0.2) is 0 Å². The van der Waals surface area contributed by atoms with Crippen LogP contribution in [0, 0.1) is 0 Å². The number of rotatable bonds is 3. The Morgan fingerprint density at radius 1 is 1.32 bits per heavy atom. The number of aromatic amines is 1. The minimum absolute atomic E-state index is 0.107. The van der Waals surface area contributed by atoms with Crippen LogP contribution in [0.2, 0.25) is 5.02 Å². The first-order valence-corrected chi connectivity index (χ1v) is 5.70. The molecule has 2 aromatic rings. The van der Waals surface area contributed by atoms with Gasteiger partial charge in [0.25, 0.3) is 0 Å². The van der Waals surface area contributed by atoms with E-state index in [0.717, 1.165) is 6.07 Å². The number of nitrogens with one attached hydrogen (secondary N) is 1. The van der Waals surface area contributed by atoms with Crippen molar-refractivity contribution < 1.29 is 14.6 Å². The third kappa shape index (κ3) is 2.61. The van der Waals surface area contributed by atoms with Crippen molar-refractivity contribution >= 4 is 17.6 Å². The van der Waals surface area contributed by atoms with Crippen LogP contribution >= 0.6 is 11.6 Å². The van der Waals surface area contributed by atoms with Gasteiger partial charge in [-0.2, -0.15) is 0 Å². The SMILES string of the molecule is COc1ccc(Cl)cc1-c1c[nH]c(=O)cc1C(=O)O. The van der Waals surface area contributed by atoms with Crippen molar-refractivity contribution in [1.29, 1.82) is 0 Å². The Morgan fingerprint density at radius 3 is 2.68 bits per heavy atom. The lowest BCUT2D eigenvalue weighted by molar-refractivity contribution is 0.0697. The first-order chi connectivity index (χ1) is 9.02. The number of methoxy groups -OCH3 is 1. The zero-order valence-electron chi connectivity index (χ0n) is 9.94. The Balaban J connectivity index is 2.74. The van der Waals surface area contributed by atoms with E-state index in [4.69, 9.17) is 21.4 Å². The Bertz CT molecular complexity index is 693. The number of hydrogen-bond donors (Lipinski definition) is 2. The van der Waals surface area contributed by atoms with E-state index in [0.29, 0.717) is 21.9 Å². The van der Waals surface area contributed by atoms with Gasteiger partial charge in [-0.25, -0.2) is 4.79 Å². The number of aromatic nitrogens is 1. The van der Waals surface area contributed by atoms with Gasteiger partial charge in [0.1, 0.15) is 5.75 Å². The molecule has 6 heteroatoms. The number of ether oxygens (including phenoxy) is 1. The molecule has 0 amide bonds. The van der Waals surface area contributed by atoms with Crippen LogP contribution in [0.25, 0.3) is 11.1 Å². The van der Waals surface area contributed by atoms with Crippen LogP contribution in [0.15, 0.2) is 35.3 Å². The van der Waals surface area contributed by atoms with Gasteiger partial charge in [0.2, 0.25) is 5.56 Å². The van der Waals surface area contributed by atoms with Gasteiger partial charge in [-0.15, -0.1) is 0 Å². The van der Waals surface area contributed by atoms with Crippen molar-refractivity contribution in [3.8, 4) is 16.9 Å². The number of H-pyrrole nitrogens is 1. The molecule has 0 aliphatic heterocycles. The third-order valence-electron chi connectivity index (χ3n) is 2.61. The van der Waals surface area contributed by atoms with E-state index in [2.05, 4.69) is 4.98 Å². The lowest BCUT2D eigenvalue weighted by atomic mass is 10.0. The predicted molar refractivity (Wildman–Crippen MR) is 71.0 cm³/mol. The number of aromatic carboxylic acids is 1. The molecule has 0 aliphatic rings. The highest BCUT2D eigenvalue weighted by Gasteiger charge is 2.16. The molecule has 0 fully saturated rings. The van der Waals surface area contributed by atoms with E-state index >= 15 is 0 Å². The molecule has 5 nitrogen and oxygen atoms in total. The van der Waals surface area contributed by atoms with Crippen LogP contribution in [-0.2, 0) is 0 Å². The molecule has 0 spiro atoms. The Morgan fingerprint density at radius 2 is 2.05 bits per heavy atom. The average molecular weight is 280 g/mol. The highest BCUT2D eigenvalue weighted by molar-refractivity contribution is 6.31. The van der Waals surface area contributed by atoms with E-state index in [9.17, 15) is 9.59 Å². The summed E-state index contributed by atoms with van der Waals surface area (Å²) < 4.78 is 5.18. The number of carbonyl (C=O) groups is 1. The summed E-state index contributed by atoms with van der Waals surface area (Å²) in [4.78, 5) is 24.9. The van der Waals surface area contributed by atoms with Crippen LogP contribution in [0.1, 0.15) is 10.4 Å². The van der Waals surface area contributed by atoms with Gasteiger partial charge in [0, 0.05) is 28.4 Å². The maximum absolute atomic E-state index is 11.2. The lowest BCUT2D eigenvalue weighted by Crippen LogP contribution is -2.10. The monoisotopic (exact) mass is 279 g/mol. The van der Waals surface area contributed by atoms with Gasteiger partial charge >= 0.3 is 5.97 Å². The van der Waals surface area contributed by atoms with Gasteiger partial charge in [-0.3, -0.25) is 4.79 Å². The van der Waals surface area contributed by atoms with E-state index in [1.165, 1.54) is 13.3 Å². The van der Waals surface area contributed by atoms with Gasteiger partial charge in [-0.1, -0.05) is 11.6 Å². The number of benzene rings is 1. The molecule has 98 valence electrons. The molecule has 0 bridgehead atoms. The number of pyridine rings is 1. The van der Waals surface area contributed by atoms with E-state index < -0.39 is 11.5 Å².